The Morgan fingerprint density at radius 2 is 0.649 bits per heavy atom. The first-order valence-corrected chi connectivity index (χ1v) is 23.8. The number of carbonyl (C=O) groups is 3. The van der Waals surface area contributed by atoms with Gasteiger partial charge in [-0.25, -0.2) is 0 Å². The Morgan fingerprint density at radius 3 is 1.05 bits per heavy atom. The molecule has 0 aromatic rings. The molecule has 0 heterocycles. The number of allylic oxidation sites excluding steroid dienone is 10. The summed E-state index contributed by atoms with van der Waals surface area (Å²) in [6.07, 6.45) is 54.8. The highest BCUT2D eigenvalue weighted by atomic mass is 16.6. The molecule has 0 saturated carbocycles. The van der Waals surface area contributed by atoms with Crippen molar-refractivity contribution in [2.24, 2.45) is 0 Å². The van der Waals surface area contributed by atoms with Crippen molar-refractivity contribution in [3.63, 3.8) is 0 Å². The fraction of sp³-hybridized carbons (Fsp3) is 0.745. The van der Waals surface area contributed by atoms with Gasteiger partial charge in [0.1, 0.15) is 13.2 Å². The van der Waals surface area contributed by atoms with Crippen molar-refractivity contribution in [2.45, 2.75) is 232 Å². The standard InChI is InChI=1S/C51H88O6/c1-4-7-10-13-16-19-22-23-24-25-26-27-30-33-36-39-42-45-51(54)57-48(46-55-49(52)43-40-37-34-31-28-20-17-14-11-8-5-2)47-56-50(53)44-41-38-35-32-29-21-18-15-12-9-6-3/h14-19,23-24,26-27,48H,4-13,20-22,25,28-47H2,1-3H3/b17-14-,18-15-,19-16-,24-23-,27-26-. The highest BCUT2D eigenvalue weighted by Gasteiger charge is 2.19. The van der Waals surface area contributed by atoms with Crippen LogP contribution in [0.15, 0.2) is 60.8 Å². The molecular weight excluding hydrogens is 709 g/mol. The van der Waals surface area contributed by atoms with E-state index in [-0.39, 0.29) is 31.1 Å². The second-order valence-corrected chi connectivity index (χ2v) is 15.7. The maximum atomic E-state index is 12.7. The first-order chi connectivity index (χ1) is 28.0. The second kappa shape index (κ2) is 45.8. The van der Waals surface area contributed by atoms with Gasteiger partial charge in [-0.15, -0.1) is 0 Å². The van der Waals surface area contributed by atoms with Crippen LogP contribution in [-0.2, 0) is 28.6 Å². The van der Waals surface area contributed by atoms with Crippen LogP contribution in [0.25, 0.3) is 0 Å². The maximum Gasteiger partial charge on any atom is 0.306 e. The molecule has 0 aliphatic heterocycles. The molecule has 0 aliphatic carbocycles. The average Bonchev–Trinajstić information content (AvgIpc) is 3.21. The molecule has 0 atom stereocenters. The summed E-state index contributed by atoms with van der Waals surface area (Å²) in [5.41, 5.74) is 0. The topological polar surface area (TPSA) is 78.9 Å². The number of rotatable bonds is 42. The van der Waals surface area contributed by atoms with E-state index >= 15 is 0 Å². The van der Waals surface area contributed by atoms with Gasteiger partial charge in [0.25, 0.3) is 0 Å². The van der Waals surface area contributed by atoms with Crippen LogP contribution in [0.2, 0.25) is 0 Å². The summed E-state index contributed by atoms with van der Waals surface area (Å²) in [5.74, 6) is -0.934. The largest absolute Gasteiger partial charge is 0.462 e. The number of unbranched alkanes of at least 4 members (excludes halogenated alkanes) is 21. The molecule has 0 fully saturated rings. The molecule has 0 N–H and O–H groups in total. The predicted molar refractivity (Wildman–Crippen MR) is 242 cm³/mol. The molecule has 6 heteroatoms. The molecule has 0 unspecified atom stereocenters. The first-order valence-electron chi connectivity index (χ1n) is 23.8. The second-order valence-electron chi connectivity index (χ2n) is 15.7. The molecule has 57 heavy (non-hydrogen) atoms. The van der Waals surface area contributed by atoms with Crippen LogP contribution in [-0.4, -0.2) is 37.2 Å². The van der Waals surface area contributed by atoms with Gasteiger partial charge in [-0.2, -0.15) is 0 Å². The van der Waals surface area contributed by atoms with Gasteiger partial charge in [0, 0.05) is 19.3 Å². The SMILES string of the molecule is CCCC/C=C\CCCCCCCC(=O)OCC(COC(=O)CCCCCCC/C=C\CCCC)OC(=O)CCCCCC/C=C\C/C=C\C/C=C\CCCCC. The molecule has 0 aliphatic rings. The first kappa shape index (κ1) is 54.1. The van der Waals surface area contributed by atoms with Crippen molar-refractivity contribution >= 4 is 17.9 Å². The third kappa shape index (κ3) is 44.1. The summed E-state index contributed by atoms with van der Waals surface area (Å²) >= 11 is 0. The highest BCUT2D eigenvalue weighted by Crippen LogP contribution is 2.13. The van der Waals surface area contributed by atoms with Crippen LogP contribution in [0.1, 0.15) is 226 Å². The molecule has 0 rings (SSSR count). The minimum Gasteiger partial charge on any atom is -0.462 e. The Bertz CT molecular complexity index is 1010. The third-order valence-electron chi connectivity index (χ3n) is 9.96. The Balaban J connectivity index is 4.43. The van der Waals surface area contributed by atoms with Crippen molar-refractivity contribution in [2.75, 3.05) is 13.2 Å². The lowest BCUT2D eigenvalue weighted by molar-refractivity contribution is -0.167. The van der Waals surface area contributed by atoms with Crippen molar-refractivity contribution in [1.29, 1.82) is 0 Å². The van der Waals surface area contributed by atoms with Crippen LogP contribution < -0.4 is 0 Å². The van der Waals surface area contributed by atoms with Crippen molar-refractivity contribution in [3.05, 3.63) is 60.8 Å². The maximum absolute atomic E-state index is 12.7. The molecule has 0 amide bonds. The van der Waals surface area contributed by atoms with E-state index in [0.717, 1.165) is 96.3 Å². The Labute approximate surface area is 351 Å². The van der Waals surface area contributed by atoms with Gasteiger partial charge in [-0.1, -0.05) is 171 Å². The minimum atomic E-state index is -0.790. The number of ether oxygens (including phenoxy) is 3. The summed E-state index contributed by atoms with van der Waals surface area (Å²) in [7, 11) is 0. The fourth-order valence-corrected chi connectivity index (χ4v) is 6.29. The van der Waals surface area contributed by atoms with Gasteiger partial charge in [0.05, 0.1) is 0 Å². The summed E-state index contributed by atoms with van der Waals surface area (Å²) in [5, 5.41) is 0. The molecular formula is C51H88O6. The molecule has 6 nitrogen and oxygen atoms in total. The van der Waals surface area contributed by atoms with Gasteiger partial charge in [0.2, 0.25) is 0 Å². The van der Waals surface area contributed by atoms with Gasteiger partial charge in [-0.3, -0.25) is 14.4 Å². The van der Waals surface area contributed by atoms with E-state index in [0.29, 0.717) is 19.3 Å². The predicted octanol–water partition coefficient (Wildman–Crippen LogP) is 15.3. The zero-order chi connectivity index (χ0) is 41.5. The van der Waals surface area contributed by atoms with E-state index in [1.807, 2.05) is 0 Å². The van der Waals surface area contributed by atoms with Gasteiger partial charge >= 0.3 is 17.9 Å². The van der Waals surface area contributed by atoms with E-state index in [4.69, 9.17) is 14.2 Å². The van der Waals surface area contributed by atoms with Crippen LogP contribution in [0.5, 0.6) is 0 Å². The van der Waals surface area contributed by atoms with Crippen LogP contribution >= 0.6 is 0 Å². The molecule has 0 aromatic carbocycles. The normalized spacial score (nSPS) is 12.1. The molecule has 0 saturated heterocycles. The Hall–Kier alpha value is -2.89. The lowest BCUT2D eigenvalue weighted by atomic mass is 10.1. The van der Waals surface area contributed by atoms with Crippen LogP contribution in [0.4, 0.5) is 0 Å². The molecule has 328 valence electrons. The zero-order valence-corrected chi connectivity index (χ0v) is 37.3. The summed E-state index contributed by atoms with van der Waals surface area (Å²) in [6, 6.07) is 0. The van der Waals surface area contributed by atoms with Gasteiger partial charge < -0.3 is 14.2 Å². The Kier molecular flexibility index (Phi) is 43.5. The van der Waals surface area contributed by atoms with Crippen LogP contribution in [0, 0.1) is 0 Å². The number of carbonyl (C=O) groups excluding carboxylic acids is 3. The minimum absolute atomic E-state index is 0.0909. The lowest BCUT2D eigenvalue weighted by Crippen LogP contribution is -2.30. The third-order valence-corrected chi connectivity index (χ3v) is 9.96. The quantitative estimate of drug-likeness (QED) is 0.0265. The molecule has 0 bridgehead atoms. The molecule has 0 radical (unpaired) electrons. The smallest absolute Gasteiger partial charge is 0.306 e. The number of hydrogen-bond donors (Lipinski definition) is 0. The van der Waals surface area contributed by atoms with Crippen molar-refractivity contribution < 1.29 is 28.6 Å². The van der Waals surface area contributed by atoms with Crippen LogP contribution in [0.3, 0.4) is 0 Å². The van der Waals surface area contributed by atoms with Crippen molar-refractivity contribution in [3.8, 4) is 0 Å². The van der Waals surface area contributed by atoms with E-state index in [1.165, 1.54) is 89.9 Å². The zero-order valence-electron chi connectivity index (χ0n) is 37.3. The van der Waals surface area contributed by atoms with Crippen molar-refractivity contribution in [1.82, 2.24) is 0 Å². The number of esters is 3. The van der Waals surface area contributed by atoms with E-state index < -0.39 is 6.10 Å². The molecule has 0 spiro atoms. The number of hydrogen-bond acceptors (Lipinski definition) is 6. The fourth-order valence-electron chi connectivity index (χ4n) is 6.29. The van der Waals surface area contributed by atoms with E-state index in [2.05, 4.69) is 81.5 Å². The van der Waals surface area contributed by atoms with Gasteiger partial charge in [-0.05, 0) is 96.3 Å². The van der Waals surface area contributed by atoms with E-state index in [1.54, 1.807) is 0 Å². The molecule has 0 aromatic heterocycles. The van der Waals surface area contributed by atoms with E-state index in [9.17, 15) is 14.4 Å². The summed E-state index contributed by atoms with van der Waals surface area (Å²) < 4.78 is 16.7. The average molecular weight is 797 g/mol. The summed E-state index contributed by atoms with van der Waals surface area (Å²) in [6.45, 7) is 6.49. The van der Waals surface area contributed by atoms with Gasteiger partial charge in [0.15, 0.2) is 6.10 Å². The Morgan fingerprint density at radius 1 is 0.351 bits per heavy atom. The monoisotopic (exact) mass is 797 g/mol. The lowest BCUT2D eigenvalue weighted by Gasteiger charge is -2.18. The highest BCUT2D eigenvalue weighted by molar-refractivity contribution is 5.71. The summed E-state index contributed by atoms with van der Waals surface area (Å²) in [4.78, 5) is 37.8.